The standard InChI is InChI=1S/C24H23Cl2N3O2/c1-31-24-15(13-27-14-16-10-12-22(30)28-16)9-11-21(29-24)19-7-4-6-18(23(19)26)17-5-2-3-8-20(17)25/h2-9,11,16,27H,10,12-14H2,1H3,(H,28,30)/t16-/m1/s1. The van der Waals surface area contributed by atoms with Crippen molar-refractivity contribution in [2.75, 3.05) is 13.7 Å². The fourth-order valence-electron chi connectivity index (χ4n) is 3.76. The van der Waals surface area contributed by atoms with Crippen molar-refractivity contribution >= 4 is 29.1 Å². The van der Waals surface area contributed by atoms with Crippen LogP contribution in [0.15, 0.2) is 54.6 Å². The first-order valence-corrected chi connectivity index (χ1v) is 10.9. The summed E-state index contributed by atoms with van der Waals surface area (Å²) in [6, 6.07) is 17.6. The lowest BCUT2D eigenvalue weighted by Gasteiger charge is -2.15. The molecule has 0 bridgehead atoms. The molecule has 5 nitrogen and oxygen atoms in total. The molecule has 3 aromatic rings. The molecular weight excluding hydrogens is 433 g/mol. The van der Waals surface area contributed by atoms with Gasteiger partial charge in [-0.15, -0.1) is 0 Å². The Hall–Kier alpha value is -2.60. The van der Waals surface area contributed by atoms with Gasteiger partial charge in [-0.25, -0.2) is 4.98 Å². The molecule has 0 saturated carbocycles. The Morgan fingerprint density at radius 2 is 1.84 bits per heavy atom. The molecule has 1 atom stereocenters. The number of nitrogens with one attached hydrogen (secondary N) is 2. The third-order valence-electron chi connectivity index (χ3n) is 5.36. The van der Waals surface area contributed by atoms with Crippen molar-refractivity contribution in [2.45, 2.75) is 25.4 Å². The fourth-order valence-corrected chi connectivity index (χ4v) is 4.32. The average molecular weight is 456 g/mol. The van der Waals surface area contributed by atoms with Gasteiger partial charge in [0.15, 0.2) is 0 Å². The molecule has 1 aliphatic rings. The van der Waals surface area contributed by atoms with Gasteiger partial charge in [-0.05, 0) is 18.6 Å². The molecule has 2 aromatic carbocycles. The molecule has 0 radical (unpaired) electrons. The van der Waals surface area contributed by atoms with Crippen molar-refractivity contribution in [2.24, 2.45) is 0 Å². The number of carbonyl (C=O) groups excluding carboxylic acids is 1. The minimum atomic E-state index is 0.117. The lowest BCUT2D eigenvalue weighted by Crippen LogP contribution is -2.35. The van der Waals surface area contributed by atoms with Crippen LogP contribution < -0.4 is 15.4 Å². The molecule has 31 heavy (non-hydrogen) atoms. The molecule has 1 amide bonds. The Morgan fingerprint density at radius 3 is 2.58 bits per heavy atom. The van der Waals surface area contributed by atoms with Crippen molar-refractivity contribution in [3.63, 3.8) is 0 Å². The quantitative estimate of drug-likeness (QED) is 0.520. The largest absolute Gasteiger partial charge is 0.481 e. The summed E-state index contributed by atoms with van der Waals surface area (Å²) >= 11 is 13.1. The van der Waals surface area contributed by atoms with E-state index in [2.05, 4.69) is 10.6 Å². The molecule has 2 N–H and O–H groups in total. The Morgan fingerprint density at radius 1 is 1.06 bits per heavy atom. The van der Waals surface area contributed by atoms with Gasteiger partial charge >= 0.3 is 0 Å². The molecule has 7 heteroatoms. The zero-order valence-corrected chi connectivity index (χ0v) is 18.6. The highest BCUT2D eigenvalue weighted by Gasteiger charge is 2.20. The molecule has 0 unspecified atom stereocenters. The van der Waals surface area contributed by atoms with Crippen LogP contribution in [0.3, 0.4) is 0 Å². The highest BCUT2D eigenvalue weighted by molar-refractivity contribution is 6.38. The van der Waals surface area contributed by atoms with Gasteiger partial charge in [0.1, 0.15) is 0 Å². The SMILES string of the molecule is COc1nc(-c2cccc(-c3ccccc3Cl)c2Cl)ccc1CNC[C@H]1CCC(=O)N1. The normalized spacial score (nSPS) is 15.7. The van der Waals surface area contributed by atoms with Crippen LogP contribution in [-0.4, -0.2) is 30.6 Å². The summed E-state index contributed by atoms with van der Waals surface area (Å²) in [5.41, 5.74) is 4.21. The fraction of sp³-hybridized carbons (Fsp3) is 0.250. The minimum absolute atomic E-state index is 0.117. The van der Waals surface area contributed by atoms with Crippen molar-refractivity contribution in [1.82, 2.24) is 15.6 Å². The van der Waals surface area contributed by atoms with E-state index in [1.54, 1.807) is 7.11 Å². The van der Waals surface area contributed by atoms with Crippen LogP contribution in [0.2, 0.25) is 10.0 Å². The number of ether oxygens (including phenoxy) is 1. The number of hydrogen-bond donors (Lipinski definition) is 2. The summed E-state index contributed by atoms with van der Waals surface area (Å²) in [5.74, 6) is 0.658. The molecule has 2 heterocycles. The number of nitrogens with zero attached hydrogens (tertiary/aromatic N) is 1. The monoisotopic (exact) mass is 455 g/mol. The van der Waals surface area contributed by atoms with Crippen LogP contribution in [-0.2, 0) is 11.3 Å². The molecule has 160 valence electrons. The predicted molar refractivity (Wildman–Crippen MR) is 125 cm³/mol. The van der Waals surface area contributed by atoms with Crippen molar-refractivity contribution in [3.05, 3.63) is 70.2 Å². The number of amides is 1. The number of halogens is 2. The van der Waals surface area contributed by atoms with Crippen LogP contribution >= 0.6 is 23.2 Å². The number of pyridine rings is 1. The van der Waals surface area contributed by atoms with E-state index in [-0.39, 0.29) is 11.9 Å². The van der Waals surface area contributed by atoms with Gasteiger partial charge in [0.2, 0.25) is 11.8 Å². The van der Waals surface area contributed by atoms with Crippen LogP contribution in [0, 0.1) is 0 Å². The molecule has 1 fully saturated rings. The number of methoxy groups -OCH3 is 1. The number of benzene rings is 2. The topological polar surface area (TPSA) is 63.2 Å². The average Bonchev–Trinajstić information content (AvgIpc) is 3.20. The Balaban J connectivity index is 1.56. The van der Waals surface area contributed by atoms with Crippen LogP contribution in [0.5, 0.6) is 5.88 Å². The number of hydrogen-bond acceptors (Lipinski definition) is 4. The second kappa shape index (κ2) is 9.69. The van der Waals surface area contributed by atoms with Crippen molar-refractivity contribution < 1.29 is 9.53 Å². The maximum Gasteiger partial charge on any atom is 0.220 e. The molecule has 1 aromatic heterocycles. The Bertz CT molecular complexity index is 1100. The summed E-state index contributed by atoms with van der Waals surface area (Å²) in [4.78, 5) is 16.0. The van der Waals surface area contributed by atoms with Gasteiger partial charge in [-0.2, -0.15) is 0 Å². The van der Waals surface area contributed by atoms with Gasteiger partial charge in [-0.1, -0.05) is 65.7 Å². The van der Waals surface area contributed by atoms with Crippen molar-refractivity contribution in [1.29, 1.82) is 0 Å². The van der Waals surface area contributed by atoms with Crippen LogP contribution in [0.4, 0.5) is 0 Å². The smallest absolute Gasteiger partial charge is 0.220 e. The molecule has 1 aliphatic heterocycles. The zero-order valence-electron chi connectivity index (χ0n) is 17.1. The number of carbonyl (C=O) groups is 1. The molecule has 4 rings (SSSR count). The highest BCUT2D eigenvalue weighted by atomic mass is 35.5. The van der Waals surface area contributed by atoms with E-state index < -0.39 is 0 Å². The molecule has 1 saturated heterocycles. The third kappa shape index (κ3) is 4.85. The molecule has 0 spiro atoms. The van der Waals surface area contributed by atoms with Gasteiger partial charge < -0.3 is 15.4 Å². The summed E-state index contributed by atoms with van der Waals surface area (Å²) < 4.78 is 5.54. The highest BCUT2D eigenvalue weighted by Crippen LogP contribution is 2.39. The lowest BCUT2D eigenvalue weighted by molar-refractivity contribution is -0.119. The Kier molecular flexibility index (Phi) is 6.76. The lowest BCUT2D eigenvalue weighted by atomic mass is 10.0. The van der Waals surface area contributed by atoms with E-state index in [1.165, 1.54) is 0 Å². The maximum atomic E-state index is 11.3. The molecular formula is C24H23Cl2N3O2. The summed E-state index contributed by atoms with van der Waals surface area (Å²) in [6.07, 6.45) is 1.46. The Labute approximate surface area is 191 Å². The van der Waals surface area contributed by atoms with E-state index in [0.29, 0.717) is 35.4 Å². The van der Waals surface area contributed by atoms with Gasteiger partial charge in [-0.3, -0.25) is 4.79 Å². The predicted octanol–water partition coefficient (Wildman–Crippen LogP) is 5.10. The van der Waals surface area contributed by atoms with E-state index in [0.717, 1.165) is 34.4 Å². The first-order chi connectivity index (χ1) is 15.1. The summed E-state index contributed by atoms with van der Waals surface area (Å²) in [6.45, 7) is 1.30. The summed E-state index contributed by atoms with van der Waals surface area (Å²) in [5, 5.41) is 7.56. The van der Waals surface area contributed by atoms with Gasteiger partial charge in [0.25, 0.3) is 0 Å². The maximum absolute atomic E-state index is 11.3. The number of aromatic nitrogens is 1. The van der Waals surface area contributed by atoms with Crippen LogP contribution in [0.1, 0.15) is 18.4 Å². The zero-order chi connectivity index (χ0) is 21.8. The van der Waals surface area contributed by atoms with Gasteiger partial charge in [0, 0.05) is 52.8 Å². The molecule has 0 aliphatic carbocycles. The van der Waals surface area contributed by atoms with Crippen LogP contribution in [0.25, 0.3) is 22.4 Å². The first-order valence-electron chi connectivity index (χ1n) is 10.1. The van der Waals surface area contributed by atoms with Crippen molar-refractivity contribution in [3.8, 4) is 28.3 Å². The third-order valence-corrected chi connectivity index (χ3v) is 6.10. The second-order valence-electron chi connectivity index (χ2n) is 7.45. The summed E-state index contributed by atoms with van der Waals surface area (Å²) in [7, 11) is 1.61. The van der Waals surface area contributed by atoms with E-state index in [1.807, 2.05) is 54.6 Å². The second-order valence-corrected chi connectivity index (χ2v) is 8.23. The van der Waals surface area contributed by atoms with E-state index in [9.17, 15) is 4.79 Å². The van der Waals surface area contributed by atoms with E-state index in [4.69, 9.17) is 32.9 Å². The number of rotatable bonds is 7. The van der Waals surface area contributed by atoms with Gasteiger partial charge in [0.05, 0.1) is 17.8 Å². The van der Waals surface area contributed by atoms with E-state index >= 15 is 0 Å². The minimum Gasteiger partial charge on any atom is -0.481 e. The first kappa shape index (κ1) is 21.6.